The number of halogens is 1. The van der Waals surface area contributed by atoms with Crippen molar-refractivity contribution in [1.82, 2.24) is 4.90 Å². The molecule has 0 bridgehead atoms. The van der Waals surface area contributed by atoms with Gasteiger partial charge in [0.15, 0.2) is 0 Å². The number of likely N-dealkylation sites (tertiary alicyclic amines) is 1. The van der Waals surface area contributed by atoms with Gasteiger partial charge in [-0.3, -0.25) is 4.79 Å². The summed E-state index contributed by atoms with van der Waals surface area (Å²) in [4.78, 5) is 35.0. The Bertz CT molecular complexity index is 605. The zero-order valence-corrected chi connectivity index (χ0v) is 11.0. The van der Waals surface area contributed by atoms with E-state index in [1.807, 2.05) is 0 Å². The van der Waals surface area contributed by atoms with Crippen LogP contribution in [-0.2, 0) is 4.79 Å². The van der Waals surface area contributed by atoms with Crippen molar-refractivity contribution in [1.29, 1.82) is 0 Å². The highest BCUT2D eigenvalue weighted by Gasteiger charge is 2.29. The molecule has 1 fully saturated rings. The first-order valence-electron chi connectivity index (χ1n) is 6.26. The normalized spacial score (nSPS) is 17.6. The van der Waals surface area contributed by atoms with Crippen LogP contribution in [0.2, 0.25) is 0 Å². The van der Waals surface area contributed by atoms with Gasteiger partial charge in [-0.05, 0) is 24.6 Å². The van der Waals surface area contributed by atoms with E-state index in [0.717, 1.165) is 6.07 Å². The predicted molar refractivity (Wildman–Crippen MR) is 71.3 cm³/mol. The monoisotopic (exact) mass is 295 g/mol. The fraction of sp³-hybridized carbons (Fsp3) is 0.308. The first-order chi connectivity index (χ1) is 9.88. The number of primary amides is 1. The number of nitrogens with zero attached hydrogens (tertiary/aromatic N) is 1. The van der Waals surface area contributed by atoms with Crippen molar-refractivity contribution in [2.75, 3.05) is 18.4 Å². The zero-order valence-electron chi connectivity index (χ0n) is 11.0. The number of rotatable bonds is 3. The summed E-state index contributed by atoms with van der Waals surface area (Å²) >= 11 is 0. The van der Waals surface area contributed by atoms with Gasteiger partial charge < -0.3 is 21.1 Å². The average molecular weight is 295 g/mol. The minimum Gasteiger partial charge on any atom is -0.478 e. The van der Waals surface area contributed by atoms with E-state index >= 15 is 0 Å². The van der Waals surface area contributed by atoms with Gasteiger partial charge >= 0.3 is 12.0 Å². The zero-order chi connectivity index (χ0) is 15.6. The van der Waals surface area contributed by atoms with Crippen LogP contribution >= 0.6 is 0 Å². The molecule has 1 aliphatic rings. The highest BCUT2D eigenvalue weighted by Crippen LogP contribution is 2.20. The van der Waals surface area contributed by atoms with Gasteiger partial charge in [0.05, 0.1) is 17.2 Å². The molecular weight excluding hydrogens is 281 g/mol. The molecule has 1 saturated heterocycles. The van der Waals surface area contributed by atoms with Crippen LogP contribution in [0.5, 0.6) is 0 Å². The molecule has 4 N–H and O–H groups in total. The van der Waals surface area contributed by atoms with Crippen LogP contribution in [0.3, 0.4) is 0 Å². The van der Waals surface area contributed by atoms with Gasteiger partial charge in [0.25, 0.3) is 0 Å². The van der Waals surface area contributed by atoms with Crippen molar-refractivity contribution in [2.45, 2.75) is 6.42 Å². The Morgan fingerprint density at radius 2 is 2.10 bits per heavy atom. The summed E-state index contributed by atoms with van der Waals surface area (Å²) in [5, 5.41) is 11.1. The third kappa shape index (κ3) is 3.28. The summed E-state index contributed by atoms with van der Waals surface area (Å²) in [6.07, 6.45) is 0.475. The second-order valence-electron chi connectivity index (χ2n) is 4.76. The van der Waals surface area contributed by atoms with Crippen LogP contribution in [0.4, 0.5) is 14.9 Å². The predicted octanol–water partition coefficient (Wildman–Crippen LogP) is 0.863. The Balaban J connectivity index is 2.03. The SMILES string of the molecule is NC(=O)C1CCN(C(=O)Nc2ccc(C(=O)O)cc2F)C1. The van der Waals surface area contributed by atoms with E-state index in [0.29, 0.717) is 13.0 Å². The molecule has 0 saturated carbocycles. The maximum atomic E-state index is 13.7. The van der Waals surface area contributed by atoms with E-state index in [1.165, 1.54) is 17.0 Å². The number of anilines is 1. The van der Waals surface area contributed by atoms with E-state index in [9.17, 15) is 18.8 Å². The van der Waals surface area contributed by atoms with Crippen LogP contribution in [0, 0.1) is 11.7 Å². The second kappa shape index (κ2) is 5.78. The number of amides is 3. The molecule has 1 atom stereocenters. The molecule has 3 amide bonds. The number of nitrogens with one attached hydrogen (secondary N) is 1. The summed E-state index contributed by atoms with van der Waals surface area (Å²) in [6.45, 7) is 0.546. The number of nitrogens with two attached hydrogens (primary N) is 1. The number of benzene rings is 1. The van der Waals surface area contributed by atoms with Crippen molar-refractivity contribution >= 4 is 23.6 Å². The lowest BCUT2D eigenvalue weighted by Crippen LogP contribution is -2.35. The molecule has 7 nitrogen and oxygen atoms in total. The van der Waals surface area contributed by atoms with Crippen LogP contribution < -0.4 is 11.1 Å². The number of carboxylic acids is 1. The number of carbonyl (C=O) groups is 3. The number of aromatic carboxylic acids is 1. The average Bonchev–Trinajstić information content (AvgIpc) is 2.90. The molecule has 8 heteroatoms. The van der Waals surface area contributed by atoms with E-state index in [1.54, 1.807) is 0 Å². The van der Waals surface area contributed by atoms with Gasteiger partial charge in [0.2, 0.25) is 5.91 Å². The maximum absolute atomic E-state index is 13.7. The van der Waals surface area contributed by atoms with Crippen LogP contribution in [-0.4, -0.2) is 41.0 Å². The van der Waals surface area contributed by atoms with Gasteiger partial charge in [-0.15, -0.1) is 0 Å². The van der Waals surface area contributed by atoms with E-state index in [2.05, 4.69) is 5.32 Å². The number of carboxylic acid groups (broad SMARTS) is 1. The highest BCUT2D eigenvalue weighted by molar-refractivity contribution is 5.92. The summed E-state index contributed by atoms with van der Waals surface area (Å²) in [5.74, 6) is -2.96. The highest BCUT2D eigenvalue weighted by atomic mass is 19.1. The maximum Gasteiger partial charge on any atom is 0.335 e. The molecular formula is C13H14FN3O4. The summed E-state index contributed by atoms with van der Waals surface area (Å²) in [6, 6.07) is 2.64. The molecule has 112 valence electrons. The fourth-order valence-corrected chi connectivity index (χ4v) is 2.12. The lowest BCUT2D eigenvalue weighted by Gasteiger charge is -2.17. The molecule has 1 aromatic carbocycles. The summed E-state index contributed by atoms with van der Waals surface area (Å²) < 4.78 is 13.7. The first kappa shape index (κ1) is 14.8. The third-order valence-corrected chi connectivity index (χ3v) is 3.34. The number of urea groups is 1. The molecule has 21 heavy (non-hydrogen) atoms. The molecule has 1 unspecified atom stereocenters. The standard InChI is InChI=1S/C13H14FN3O4/c14-9-5-7(12(19)20)1-2-10(9)16-13(21)17-4-3-8(6-17)11(15)18/h1-2,5,8H,3-4,6H2,(H2,15,18)(H,16,21)(H,19,20). The van der Waals surface area contributed by atoms with Gasteiger partial charge in [0, 0.05) is 13.1 Å². The van der Waals surface area contributed by atoms with E-state index in [4.69, 9.17) is 10.8 Å². The summed E-state index contributed by atoms with van der Waals surface area (Å²) in [5.41, 5.74) is 4.84. The number of carbonyl (C=O) groups excluding carboxylic acids is 2. The van der Waals surface area contributed by atoms with Gasteiger partial charge in [-0.1, -0.05) is 0 Å². The Kier molecular flexibility index (Phi) is 4.06. The largest absolute Gasteiger partial charge is 0.478 e. The molecule has 1 heterocycles. The lowest BCUT2D eigenvalue weighted by molar-refractivity contribution is -0.121. The minimum absolute atomic E-state index is 0.118. The topological polar surface area (TPSA) is 113 Å². The Morgan fingerprint density at radius 1 is 1.38 bits per heavy atom. The first-order valence-corrected chi connectivity index (χ1v) is 6.26. The van der Waals surface area contributed by atoms with Gasteiger partial charge in [-0.25, -0.2) is 14.0 Å². The number of hydrogen-bond acceptors (Lipinski definition) is 3. The Morgan fingerprint density at radius 3 is 2.62 bits per heavy atom. The second-order valence-corrected chi connectivity index (χ2v) is 4.76. The van der Waals surface area contributed by atoms with Crippen molar-refractivity contribution in [3.63, 3.8) is 0 Å². The van der Waals surface area contributed by atoms with Crippen molar-refractivity contribution in [2.24, 2.45) is 11.7 Å². The molecule has 0 aliphatic carbocycles. The number of hydrogen-bond donors (Lipinski definition) is 3. The molecule has 2 rings (SSSR count). The smallest absolute Gasteiger partial charge is 0.335 e. The van der Waals surface area contributed by atoms with Crippen molar-refractivity contribution in [3.8, 4) is 0 Å². The van der Waals surface area contributed by atoms with Crippen molar-refractivity contribution in [3.05, 3.63) is 29.6 Å². The Hall–Kier alpha value is -2.64. The molecule has 0 aromatic heterocycles. The van der Waals surface area contributed by atoms with Gasteiger partial charge in [0.1, 0.15) is 5.82 Å². The van der Waals surface area contributed by atoms with E-state index in [-0.39, 0.29) is 17.8 Å². The van der Waals surface area contributed by atoms with Crippen LogP contribution in [0.15, 0.2) is 18.2 Å². The third-order valence-electron chi connectivity index (χ3n) is 3.34. The molecule has 0 spiro atoms. The molecule has 0 radical (unpaired) electrons. The van der Waals surface area contributed by atoms with E-state index < -0.39 is 29.6 Å². The molecule has 1 aromatic rings. The van der Waals surface area contributed by atoms with Gasteiger partial charge in [-0.2, -0.15) is 0 Å². The van der Waals surface area contributed by atoms with Crippen molar-refractivity contribution < 1.29 is 23.9 Å². The minimum atomic E-state index is -1.25. The fourth-order valence-electron chi connectivity index (χ4n) is 2.12. The van der Waals surface area contributed by atoms with Crippen LogP contribution in [0.25, 0.3) is 0 Å². The van der Waals surface area contributed by atoms with Crippen LogP contribution in [0.1, 0.15) is 16.8 Å². The Labute approximate surface area is 119 Å². The lowest BCUT2D eigenvalue weighted by atomic mass is 10.1. The summed E-state index contributed by atoms with van der Waals surface area (Å²) in [7, 11) is 0. The quantitative estimate of drug-likeness (QED) is 0.767. The molecule has 1 aliphatic heterocycles.